The Morgan fingerprint density at radius 2 is 0.941 bits per heavy atom. The SMILES string of the molecule is CCC[Si](OC)(OC)OC.NCCN.O=C(O)CN(CCN(CC(=O)O)CC(=O)O)CC(=O)O. The number of hydrogen-bond donors (Lipinski definition) is 6. The zero-order valence-corrected chi connectivity index (χ0v) is 21.3. The number of hydrogen-bond acceptors (Lipinski definition) is 11. The van der Waals surface area contributed by atoms with Crippen LogP contribution in [0.3, 0.4) is 0 Å². The van der Waals surface area contributed by atoms with E-state index in [-0.39, 0.29) is 13.1 Å². The maximum atomic E-state index is 10.6. The Hall–Kier alpha value is -2.18. The number of aliphatic carboxylic acids is 4. The van der Waals surface area contributed by atoms with Gasteiger partial charge in [-0.25, -0.2) is 0 Å². The Kier molecular flexibility index (Phi) is 24.2. The van der Waals surface area contributed by atoms with Gasteiger partial charge in [-0.05, 0) is 0 Å². The summed E-state index contributed by atoms with van der Waals surface area (Å²) in [6.45, 7) is 1.03. The summed E-state index contributed by atoms with van der Waals surface area (Å²) in [5.41, 5.74) is 9.81. The van der Waals surface area contributed by atoms with Gasteiger partial charge in [-0.2, -0.15) is 0 Å². The third kappa shape index (κ3) is 23.0. The smallest absolute Gasteiger partial charge is 0.480 e. The van der Waals surface area contributed by atoms with Crippen LogP contribution < -0.4 is 11.5 Å². The second kappa shape index (κ2) is 22.6. The largest absolute Gasteiger partial charge is 0.500 e. The maximum Gasteiger partial charge on any atom is 0.500 e. The lowest BCUT2D eigenvalue weighted by Gasteiger charge is -2.23. The Bertz CT molecular complexity index is 502. The predicted octanol–water partition coefficient (Wildman–Crippen LogP) is -1.89. The lowest BCUT2D eigenvalue weighted by atomic mass is 10.4. The number of nitrogens with two attached hydrogens (primary N) is 2. The molecule has 0 bridgehead atoms. The van der Waals surface area contributed by atoms with Crippen molar-refractivity contribution < 1.29 is 52.9 Å². The molecule has 15 nitrogen and oxygen atoms in total. The highest BCUT2D eigenvalue weighted by molar-refractivity contribution is 6.60. The van der Waals surface area contributed by atoms with Gasteiger partial charge in [0.1, 0.15) is 0 Å². The molecule has 16 heteroatoms. The molecule has 0 unspecified atom stereocenters. The molecule has 0 rings (SSSR count). The quantitative estimate of drug-likeness (QED) is 0.116. The van der Waals surface area contributed by atoms with Crippen LogP contribution in [0.2, 0.25) is 6.04 Å². The van der Waals surface area contributed by atoms with Gasteiger partial charge in [0, 0.05) is 53.6 Å². The van der Waals surface area contributed by atoms with Crippen molar-refractivity contribution >= 4 is 32.7 Å². The van der Waals surface area contributed by atoms with Crippen LogP contribution in [0.4, 0.5) is 0 Å². The Morgan fingerprint density at radius 1 is 0.676 bits per heavy atom. The molecule has 0 saturated carbocycles. The lowest BCUT2D eigenvalue weighted by Crippen LogP contribution is -2.43. The summed E-state index contributed by atoms with van der Waals surface area (Å²) in [6.07, 6.45) is 1.03. The predicted molar refractivity (Wildman–Crippen MR) is 123 cm³/mol. The van der Waals surface area contributed by atoms with Crippen molar-refractivity contribution in [3.63, 3.8) is 0 Å². The molecule has 0 aliphatic rings. The van der Waals surface area contributed by atoms with Crippen LogP contribution in [0.15, 0.2) is 0 Å². The Balaban J connectivity index is -0.000000568. The van der Waals surface area contributed by atoms with Gasteiger partial charge in [-0.15, -0.1) is 0 Å². The lowest BCUT2D eigenvalue weighted by molar-refractivity contribution is -0.145. The molecule has 0 aromatic rings. The number of rotatable bonds is 17. The van der Waals surface area contributed by atoms with E-state index in [2.05, 4.69) is 6.92 Å². The van der Waals surface area contributed by atoms with Crippen molar-refractivity contribution in [2.75, 3.05) is 73.7 Å². The van der Waals surface area contributed by atoms with E-state index >= 15 is 0 Å². The molecule has 0 aliphatic heterocycles. The van der Waals surface area contributed by atoms with Crippen LogP contribution in [0, 0.1) is 0 Å². The van der Waals surface area contributed by atoms with Gasteiger partial charge in [0.25, 0.3) is 0 Å². The van der Waals surface area contributed by atoms with Crippen LogP contribution in [0.1, 0.15) is 13.3 Å². The summed E-state index contributed by atoms with van der Waals surface area (Å²) in [5, 5.41) is 34.5. The van der Waals surface area contributed by atoms with E-state index in [4.69, 9.17) is 45.2 Å². The van der Waals surface area contributed by atoms with Crippen molar-refractivity contribution in [1.82, 2.24) is 9.80 Å². The highest BCUT2D eigenvalue weighted by atomic mass is 28.4. The summed E-state index contributed by atoms with van der Waals surface area (Å²) in [7, 11) is 2.68. The van der Waals surface area contributed by atoms with E-state index in [1.54, 1.807) is 21.3 Å². The average molecular weight is 517 g/mol. The zero-order valence-electron chi connectivity index (χ0n) is 20.3. The molecule has 0 aromatic carbocycles. The van der Waals surface area contributed by atoms with Gasteiger partial charge in [0.15, 0.2) is 0 Å². The third-order valence-electron chi connectivity index (χ3n) is 3.82. The average Bonchev–Trinajstić information content (AvgIpc) is 2.75. The normalized spacial score (nSPS) is 10.7. The zero-order chi connectivity index (χ0) is 27.2. The first-order valence-corrected chi connectivity index (χ1v) is 12.2. The van der Waals surface area contributed by atoms with Crippen LogP contribution >= 0.6 is 0 Å². The number of carboxylic acid groups (broad SMARTS) is 4. The van der Waals surface area contributed by atoms with Crippen molar-refractivity contribution in [3.8, 4) is 0 Å². The van der Waals surface area contributed by atoms with Gasteiger partial charge < -0.3 is 45.2 Å². The molecule has 0 saturated heterocycles. The summed E-state index contributed by atoms with van der Waals surface area (Å²) in [4.78, 5) is 44.4. The number of carboxylic acids is 4. The summed E-state index contributed by atoms with van der Waals surface area (Å²) in [6, 6.07) is 0.885. The summed E-state index contributed by atoms with van der Waals surface area (Å²) < 4.78 is 15.5. The van der Waals surface area contributed by atoms with E-state index in [0.717, 1.165) is 22.3 Å². The fraction of sp³-hybridized carbons (Fsp3) is 0.778. The van der Waals surface area contributed by atoms with E-state index in [0.29, 0.717) is 13.1 Å². The van der Waals surface area contributed by atoms with Crippen LogP contribution in [0.5, 0.6) is 0 Å². The molecule has 0 spiro atoms. The van der Waals surface area contributed by atoms with Crippen molar-refractivity contribution in [2.24, 2.45) is 11.5 Å². The van der Waals surface area contributed by atoms with Crippen molar-refractivity contribution in [2.45, 2.75) is 19.4 Å². The van der Waals surface area contributed by atoms with Gasteiger partial charge >= 0.3 is 32.7 Å². The fourth-order valence-corrected chi connectivity index (χ4v) is 4.06. The summed E-state index contributed by atoms with van der Waals surface area (Å²) in [5.74, 6) is -4.91. The molecular weight excluding hydrogens is 476 g/mol. The first kappa shape index (κ1) is 36.4. The first-order valence-electron chi connectivity index (χ1n) is 10.2. The second-order valence-corrected chi connectivity index (χ2v) is 9.71. The molecule has 0 heterocycles. The van der Waals surface area contributed by atoms with Gasteiger partial charge in [0.05, 0.1) is 26.2 Å². The van der Waals surface area contributed by atoms with Gasteiger partial charge in [-0.3, -0.25) is 29.0 Å². The van der Waals surface area contributed by atoms with E-state index in [1.165, 1.54) is 0 Å². The standard InChI is InChI=1S/C10H16N2O8.C6H16O3Si.C2H8N2/c13-7(14)3-11(4-8(15)16)1-2-12(5-9(17)18)6-10(19)20;1-5-6-10(7-2,8-3)9-4;3-1-2-4/h1-6H2,(H,13,14)(H,15,16)(H,17,18)(H,19,20);5-6H2,1-4H3;1-4H2. The fourth-order valence-electron chi connectivity index (χ4n) is 2.34. The topological polar surface area (TPSA) is 235 Å². The van der Waals surface area contributed by atoms with Crippen LogP contribution in [-0.2, 0) is 32.5 Å². The number of nitrogens with zero attached hydrogens (tertiary/aromatic N) is 2. The van der Waals surface area contributed by atoms with E-state index in [9.17, 15) is 19.2 Å². The molecular formula is C18H40N4O11Si. The molecule has 0 atom stereocenters. The molecule has 0 radical (unpaired) electrons. The molecule has 0 aliphatic carbocycles. The maximum absolute atomic E-state index is 10.6. The summed E-state index contributed by atoms with van der Waals surface area (Å²) >= 11 is 0. The highest BCUT2D eigenvalue weighted by Crippen LogP contribution is 2.13. The molecule has 0 aromatic heterocycles. The number of carbonyl (C=O) groups is 4. The minimum Gasteiger partial charge on any atom is -0.480 e. The van der Waals surface area contributed by atoms with Crippen LogP contribution in [-0.4, -0.2) is 137 Å². The third-order valence-corrected chi connectivity index (χ3v) is 6.80. The van der Waals surface area contributed by atoms with Gasteiger partial charge in [-0.1, -0.05) is 13.3 Å². The molecule has 8 N–H and O–H groups in total. The molecule has 0 fully saturated rings. The second-order valence-electron chi connectivity index (χ2n) is 6.62. The van der Waals surface area contributed by atoms with Gasteiger partial charge in [0.2, 0.25) is 0 Å². The monoisotopic (exact) mass is 516 g/mol. The Labute approximate surface area is 200 Å². The van der Waals surface area contributed by atoms with Crippen molar-refractivity contribution in [3.05, 3.63) is 0 Å². The van der Waals surface area contributed by atoms with E-state index in [1.807, 2.05) is 0 Å². The minimum absolute atomic E-state index is 0.0703. The molecule has 0 amide bonds. The minimum atomic E-state index is -2.22. The van der Waals surface area contributed by atoms with Crippen LogP contribution in [0.25, 0.3) is 0 Å². The van der Waals surface area contributed by atoms with Crippen molar-refractivity contribution in [1.29, 1.82) is 0 Å². The first-order chi connectivity index (χ1) is 15.9. The highest BCUT2D eigenvalue weighted by Gasteiger charge is 2.36. The Morgan fingerprint density at radius 3 is 1.06 bits per heavy atom. The van der Waals surface area contributed by atoms with E-state index < -0.39 is 58.9 Å². The molecule has 202 valence electrons. The molecule has 34 heavy (non-hydrogen) atoms.